The average molecular weight is 254 g/mol. The van der Waals surface area contributed by atoms with Gasteiger partial charge < -0.3 is 4.74 Å². The lowest BCUT2D eigenvalue weighted by molar-refractivity contribution is -0.688. The Morgan fingerprint density at radius 3 is 2.74 bits per heavy atom. The van der Waals surface area contributed by atoms with Crippen LogP contribution in [0, 0.1) is 0 Å². The summed E-state index contributed by atoms with van der Waals surface area (Å²) >= 11 is 0. The first-order valence-corrected chi connectivity index (χ1v) is 6.07. The summed E-state index contributed by atoms with van der Waals surface area (Å²) in [6.45, 7) is 0.806. The molecule has 2 aromatic rings. The third-order valence-corrected chi connectivity index (χ3v) is 2.70. The van der Waals surface area contributed by atoms with Crippen molar-refractivity contribution in [3.05, 3.63) is 72.1 Å². The van der Waals surface area contributed by atoms with Crippen LogP contribution in [0.1, 0.15) is 11.1 Å². The fraction of sp³-hybridized carbons (Fsp3) is 0.125. The molecule has 2 rings (SSSR count). The standard InChI is InChI=1S/C16H16NO2/c1-19-16(18)10-9-15-8-5-11-17(13-15)12-14-6-3-2-4-7-14/h2-11,13H,12H2,1H3/q+1/b10-9+. The minimum absolute atomic E-state index is 0.349. The summed E-state index contributed by atoms with van der Waals surface area (Å²) in [4.78, 5) is 11.0. The lowest BCUT2D eigenvalue weighted by atomic mass is 10.2. The molecule has 0 fully saturated rings. The number of hydrogen-bond acceptors (Lipinski definition) is 2. The van der Waals surface area contributed by atoms with Gasteiger partial charge in [0, 0.05) is 23.3 Å². The van der Waals surface area contributed by atoms with E-state index in [4.69, 9.17) is 0 Å². The van der Waals surface area contributed by atoms with Gasteiger partial charge >= 0.3 is 5.97 Å². The molecule has 1 heterocycles. The van der Waals surface area contributed by atoms with Gasteiger partial charge in [0.25, 0.3) is 0 Å². The Labute approximate surface area is 112 Å². The molecule has 0 aliphatic heterocycles. The molecule has 0 bridgehead atoms. The quantitative estimate of drug-likeness (QED) is 0.476. The molecule has 3 nitrogen and oxygen atoms in total. The highest BCUT2D eigenvalue weighted by molar-refractivity contribution is 5.86. The zero-order valence-electron chi connectivity index (χ0n) is 10.8. The van der Waals surface area contributed by atoms with Crippen LogP contribution in [0.2, 0.25) is 0 Å². The summed E-state index contributed by atoms with van der Waals surface area (Å²) in [7, 11) is 1.37. The van der Waals surface area contributed by atoms with E-state index in [9.17, 15) is 4.79 Å². The minimum atomic E-state index is -0.349. The van der Waals surface area contributed by atoms with Gasteiger partial charge in [0.2, 0.25) is 0 Å². The van der Waals surface area contributed by atoms with Crippen molar-refractivity contribution in [2.24, 2.45) is 0 Å². The van der Waals surface area contributed by atoms with Gasteiger partial charge in [-0.25, -0.2) is 9.36 Å². The zero-order chi connectivity index (χ0) is 13.5. The average Bonchev–Trinajstić information content (AvgIpc) is 2.46. The van der Waals surface area contributed by atoms with Crippen molar-refractivity contribution in [2.45, 2.75) is 6.54 Å². The fourth-order valence-electron chi connectivity index (χ4n) is 1.77. The molecule has 0 aliphatic carbocycles. The highest BCUT2D eigenvalue weighted by Crippen LogP contribution is 2.01. The Kier molecular flexibility index (Phi) is 4.45. The minimum Gasteiger partial charge on any atom is -0.466 e. The Hall–Kier alpha value is -2.42. The monoisotopic (exact) mass is 254 g/mol. The highest BCUT2D eigenvalue weighted by Gasteiger charge is 2.02. The Morgan fingerprint density at radius 2 is 2.00 bits per heavy atom. The summed E-state index contributed by atoms with van der Waals surface area (Å²) < 4.78 is 6.64. The number of carbonyl (C=O) groups excluding carboxylic acids is 1. The summed E-state index contributed by atoms with van der Waals surface area (Å²) in [6, 6.07) is 14.1. The van der Waals surface area contributed by atoms with E-state index in [1.54, 1.807) is 6.08 Å². The summed E-state index contributed by atoms with van der Waals surface area (Å²) in [6.07, 6.45) is 7.16. The number of carbonyl (C=O) groups is 1. The molecule has 0 N–H and O–H groups in total. The van der Waals surface area contributed by atoms with Crippen molar-refractivity contribution < 1.29 is 14.1 Å². The number of benzene rings is 1. The third kappa shape index (κ3) is 4.07. The maximum absolute atomic E-state index is 11.0. The lowest BCUT2D eigenvalue weighted by Gasteiger charge is -1.98. The Morgan fingerprint density at radius 1 is 1.21 bits per heavy atom. The molecule has 0 unspecified atom stereocenters. The highest BCUT2D eigenvalue weighted by atomic mass is 16.5. The van der Waals surface area contributed by atoms with E-state index < -0.39 is 0 Å². The number of hydrogen-bond donors (Lipinski definition) is 0. The van der Waals surface area contributed by atoms with E-state index in [1.165, 1.54) is 18.7 Å². The summed E-state index contributed by atoms with van der Waals surface area (Å²) in [5, 5.41) is 0. The molecule has 0 saturated carbocycles. The fourth-order valence-corrected chi connectivity index (χ4v) is 1.77. The van der Waals surface area contributed by atoms with Crippen molar-refractivity contribution in [3.8, 4) is 0 Å². The number of rotatable bonds is 4. The molecular weight excluding hydrogens is 238 g/mol. The number of pyridine rings is 1. The van der Waals surface area contributed by atoms with Crippen molar-refractivity contribution in [3.63, 3.8) is 0 Å². The maximum atomic E-state index is 11.0. The molecule has 0 atom stereocenters. The van der Waals surface area contributed by atoms with Gasteiger partial charge in [0.15, 0.2) is 18.9 Å². The van der Waals surface area contributed by atoms with Crippen LogP contribution >= 0.6 is 0 Å². The first kappa shape index (κ1) is 13.0. The van der Waals surface area contributed by atoms with Crippen molar-refractivity contribution in [1.29, 1.82) is 0 Å². The van der Waals surface area contributed by atoms with Gasteiger partial charge in [-0.2, -0.15) is 0 Å². The Balaban J connectivity index is 2.11. The zero-order valence-corrected chi connectivity index (χ0v) is 10.8. The number of aromatic nitrogens is 1. The van der Waals surface area contributed by atoms with E-state index in [0.29, 0.717) is 0 Å². The number of methoxy groups -OCH3 is 1. The molecule has 3 heteroatoms. The molecule has 19 heavy (non-hydrogen) atoms. The molecule has 0 saturated heterocycles. The SMILES string of the molecule is COC(=O)/C=C/c1ccc[n+](Cc2ccccc2)c1. The van der Waals surface area contributed by atoms with E-state index in [1.807, 2.05) is 42.7 Å². The number of esters is 1. The molecule has 0 amide bonds. The topological polar surface area (TPSA) is 30.2 Å². The van der Waals surface area contributed by atoms with Crippen molar-refractivity contribution in [1.82, 2.24) is 0 Å². The van der Waals surface area contributed by atoms with Crippen molar-refractivity contribution in [2.75, 3.05) is 7.11 Å². The first-order valence-electron chi connectivity index (χ1n) is 6.07. The smallest absolute Gasteiger partial charge is 0.330 e. The Bertz CT molecular complexity index is 576. The number of nitrogens with zero attached hydrogens (tertiary/aromatic N) is 1. The first-order chi connectivity index (χ1) is 9.28. The number of ether oxygens (including phenoxy) is 1. The molecule has 1 aromatic heterocycles. The van der Waals surface area contributed by atoms with Gasteiger partial charge in [-0.05, 0) is 12.1 Å². The van der Waals surface area contributed by atoms with E-state index in [-0.39, 0.29) is 5.97 Å². The van der Waals surface area contributed by atoms with Crippen LogP contribution in [0.4, 0.5) is 0 Å². The van der Waals surface area contributed by atoms with Crippen LogP contribution in [0.5, 0.6) is 0 Å². The van der Waals surface area contributed by atoms with Crippen LogP contribution in [-0.2, 0) is 16.1 Å². The van der Waals surface area contributed by atoms with Crippen LogP contribution in [0.15, 0.2) is 60.9 Å². The van der Waals surface area contributed by atoms with Crippen molar-refractivity contribution >= 4 is 12.0 Å². The molecule has 0 aliphatic rings. The predicted molar refractivity (Wildman–Crippen MR) is 73.2 cm³/mol. The van der Waals surface area contributed by atoms with Gasteiger partial charge in [0.1, 0.15) is 0 Å². The lowest BCUT2D eigenvalue weighted by Crippen LogP contribution is -2.33. The molecule has 0 radical (unpaired) electrons. The van der Waals surface area contributed by atoms with Gasteiger partial charge in [-0.1, -0.05) is 30.3 Å². The summed E-state index contributed by atoms with van der Waals surface area (Å²) in [5.41, 5.74) is 2.20. The molecular formula is C16H16NO2+. The van der Waals surface area contributed by atoms with Crippen LogP contribution in [0.25, 0.3) is 6.08 Å². The normalized spacial score (nSPS) is 10.6. The molecule has 96 valence electrons. The van der Waals surface area contributed by atoms with Crippen LogP contribution < -0.4 is 4.57 Å². The largest absolute Gasteiger partial charge is 0.466 e. The van der Waals surface area contributed by atoms with E-state index in [0.717, 1.165) is 12.1 Å². The molecule has 0 spiro atoms. The second kappa shape index (κ2) is 6.50. The van der Waals surface area contributed by atoms with Gasteiger partial charge in [0.05, 0.1) is 7.11 Å². The summed E-state index contributed by atoms with van der Waals surface area (Å²) in [5.74, 6) is -0.349. The second-order valence-electron chi connectivity index (χ2n) is 4.15. The molecule has 1 aromatic carbocycles. The van der Waals surface area contributed by atoms with E-state index in [2.05, 4.69) is 21.4 Å². The third-order valence-electron chi connectivity index (χ3n) is 2.70. The predicted octanol–water partition coefficient (Wildman–Crippen LogP) is 2.21. The van der Waals surface area contributed by atoms with Crippen LogP contribution in [-0.4, -0.2) is 13.1 Å². The van der Waals surface area contributed by atoms with Gasteiger partial charge in [-0.3, -0.25) is 0 Å². The van der Waals surface area contributed by atoms with Crippen LogP contribution in [0.3, 0.4) is 0 Å². The van der Waals surface area contributed by atoms with E-state index >= 15 is 0 Å². The second-order valence-corrected chi connectivity index (χ2v) is 4.15. The maximum Gasteiger partial charge on any atom is 0.330 e. The van der Waals surface area contributed by atoms with Gasteiger partial charge in [-0.15, -0.1) is 0 Å².